The van der Waals surface area contributed by atoms with Crippen molar-refractivity contribution in [3.05, 3.63) is 41.6 Å². The minimum atomic E-state index is -4.14. The summed E-state index contributed by atoms with van der Waals surface area (Å²) in [5.74, 6) is 0.548. The molecule has 3 N–H and O–H groups in total. The first-order valence-electron chi connectivity index (χ1n) is 5.22. The Kier molecular flexibility index (Phi) is 3.10. The van der Waals surface area contributed by atoms with Gasteiger partial charge in [-0.05, 0) is 24.6 Å². The molecule has 1 aromatic heterocycles. The molecule has 0 aliphatic carbocycles. The summed E-state index contributed by atoms with van der Waals surface area (Å²) in [5.41, 5.74) is 7.42. The fraction of sp³-hybridized carbons (Fsp3) is 0.182. The molecule has 0 saturated carbocycles. The van der Waals surface area contributed by atoms with Crippen LogP contribution in [-0.2, 0) is 16.7 Å². The van der Waals surface area contributed by atoms with E-state index in [1.807, 2.05) is 6.92 Å². The minimum Gasteiger partial charge on any atom is -0.384 e. The Balaban J connectivity index is 2.24. The number of aromatic nitrogens is 2. The maximum atomic E-state index is 10.9. The molecule has 0 unspecified atom stereocenters. The summed E-state index contributed by atoms with van der Waals surface area (Å²) in [5, 5.41) is 4.20. The number of rotatable bonds is 3. The summed E-state index contributed by atoms with van der Waals surface area (Å²) in [6.07, 6.45) is 0. The Labute approximate surface area is 105 Å². The van der Waals surface area contributed by atoms with Crippen molar-refractivity contribution in [3.63, 3.8) is 0 Å². The molecule has 18 heavy (non-hydrogen) atoms. The van der Waals surface area contributed by atoms with Crippen molar-refractivity contribution in [2.75, 3.05) is 5.73 Å². The molecule has 0 radical (unpaired) electrons. The standard InChI is InChI=1S/C11H13N3O3S/c1-8-6-11(12)14(13-8)7-9-2-4-10(5-3-9)18(15,16)17/h2-6H,7,12H2,1H3,(H,15,16,17). The van der Waals surface area contributed by atoms with Gasteiger partial charge in [-0.3, -0.25) is 4.55 Å². The van der Waals surface area contributed by atoms with Crippen LogP contribution < -0.4 is 5.73 Å². The number of hydrogen-bond acceptors (Lipinski definition) is 4. The van der Waals surface area contributed by atoms with Gasteiger partial charge in [0.1, 0.15) is 5.82 Å². The number of anilines is 1. The number of nitrogens with two attached hydrogens (primary N) is 1. The molecular weight excluding hydrogens is 254 g/mol. The molecule has 1 heterocycles. The Bertz CT molecular complexity index is 659. The Morgan fingerprint density at radius 2 is 1.94 bits per heavy atom. The zero-order chi connectivity index (χ0) is 13.3. The molecule has 0 amide bonds. The number of hydrogen-bond donors (Lipinski definition) is 2. The molecular formula is C11H13N3O3S. The van der Waals surface area contributed by atoms with E-state index in [2.05, 4.69) is 5.10 Å². The second-order valence-electron chi connectivity index (χ2n) is 3.99. The topological polar surface area (TPSA) is 98.2 Å². The molecule has 0 spiro atoms. The van der Waals surface area contributed by atoms with E-state index in [4.69, 9.17) is 10.3 Å². The summed E-state index contributed by atoms with van der Waals surface area (Å²) >= 11 is 0. The van der Waals surface area contributed by atoms with Crippen molar-refractivity contribution in [3.8, 4) is 0 Å². The number of nitrogen functional groups attached to an aromatic ring is 1. The third-order valence-corrected chi connectivity index (χ3v) is 3.35. The zero-order valence-electron chi connectivity index (χ0n) is 9.74. The summed E-state index contributed by atoms with van der Waals surface area (Å²) in [6.45, 7) is 2.29. The second-order valence-corrected chi connectivity index (χ2v) is 5.41. The van der Waals surface area contributed by atoms with Gasteiger partial charge >= 0.3 is 0 Å². The third kappa shape index (κ3) is 2.69. The van der Waals surface area contributed by atoms with Crippen molar-refractivity contribution in [2.45, 2.75) is 18.4 Å². The molecule has 7 heteroatoms. The van der Waals surface area contributed by atoms with Gasteiger partial charge in [-0.1, -0.05) is 12.1 Å². The van der Waals surface area contributed by atoms with E-state index in [9.17, 15) is 8.42 Å². The zero-order valence-corrected chi connectivity index (χ0v) is 10.6. The molecule has 1 aromatic carbocycles. The van der Waals surface area contributed by atoms with Crippen LogP contribution in [0.5, 0.6) is 0 Å². The Morgan fingerprint density at radius 3 is 2.39 bits per heavy atom. The van der Waals surface area contributed by atoms with Crippen LogP contribution in [0.2, 0.25) is 0 Å². The monoisotopic (exact) mass is 267 g/mol. The highest BCUT2D eigenvalue weighted by Gasteiger charge is 2.09. The average molecular weight is 267 g/mol. The van der Waals surface area contributed by atoms with Gasteiger partial charge in [-0.25, -0.2) is 4.68 Å². The summed E-state index contributed by atoms with van der Waals surface area (Å²) in [4.78, 5) is -0.129. The van der Waals surface area contributed by atoms with Crippen LogP contribution >= 0.6 is 0 Å². The molecule has 96 valence electrons. The first kappa shape index (κ1) is 12.6. The fourth-order valence-electron chi connectivity index (χ4n) is 1.63. The van der Waals surface area contributed by atoms with Crippen molar-refractivity contribution in [1.82, 2.24) is 9.78 Å². The van der Waals surface area contributed by atoms with Gasteiger partial charge in [0.15, 0.2) is 0 Å². The lowest BCUT2D eigenvalue weighted by atomic mass is 10.2. The van der Waals surface area contributed by atoms with Gasteiger partial charge in [0.05, 0.1) is 17.1 Å². The van der Waals surface area contributed by atoms with Crippen LogP contribution in [0.1, 0.15) is 11.3 Å². The van der Waals surface area contributed by atoms with Gasteiger partial charge in [0.25, 0.3) is 10.1 Å². The maximum absolute atomic E-state index is 10.9. The SMILES string of the molecule is Cc1cc(N)n(Cc2ccc(S(=O)(=O)O)cc2)n1. The lowest BCUT2D eigenvalue weighted by Gasteiger charge is -2.05. The molecule has 0 fully saturated rings. The van der Waals surface area contributed by atoms with Gasteiger partial charge in [-0.2, -0.15) is 13.5 Å². The van der Waals surface area contributed by atoms with Crippen LogP contribution in [0.3, 0.4) is 0 Å². The molecule has 2 aromatic rings. The lowest BCUT2D eigenvalue weighted by molar-refractivity contribution is 0.483. The van der Waals surface area contributed by atoms with Gasteiger partial charge in [0.2, 0.25) is 0 Å². The molecule has 0 aliphatic rings. The van der Waals surface area contributed by atoms with Crippen LogP contribution in [0, 0.1) is 6.92 Å². The van der Waals surface area contributed by atoms with E-state index >= 15 is 0 Å². The number of nitrogens with zero attached hydrogens (tertiary/aromatic N) is 2. The predicted molar refractivity (Wildman–Crippen MR) is 66.7 cm³/mol. The highest BCUT2D eigenvalue weighted by atomic mass is 32.2. The maximum Gasteiger partial charge on any atom is 0.294 e. The van der Waals surface area contributed by atoms with E-state index in [0.717, 1.165) is 11.3 Å². The largest absolute Gasteiger partial charge is 0.384 e. The van der Waals surface area contributed by atoms with Gasteiger partial charge in [0, 0.05) is 6.07 Å². The van der Waals surface area contributed by atoms with E-state index in [1.165, 1.54) is 12.1 Å². The number of aryl methyl sites for hydroxylation is 1. The van der Waals surface area contributed by atoms with E-state index in [-0.39, 0.29) is 4.90 Å². The normalized spacial score (nSPS) is 11.7. The van der Waals surface area contributed by atoms with Crippen molar-refractivity contribution < 1.29 is 13.0 Å². The summed E-state index contributed by atoms with van der Waals surface area (Å²) < 4.78 is 32.2. The minimum absolute atomic E-state index is 0.129. The predicted octanol–water partition coefficient (Wildman–Crippen LogP) is 1.07. The summed E-state index contributed by atoms with van der Waals surface area (Å²) in [7, 11) is -4.14. The molecule has 0 atom stereocenters. The molecule has 0 bridgehead atoms. The molecule has 2 rings (SSSR count). The molecule has 6 nitrogen and oxygen atoms in total. The van der Waals surface area contributed by atoms with Gasteiger partial charge in [-0.15, -0.1) is 0 Å². The molecule has 0 aliphatic heterocycles. The van der Waals surface area contributed by atoms with E-state index in [0.29, 0.717) is 12.4 Å². The highest BCUT2D eigenvalue weighted by Crippen LogP contribution is 2.13. The van der Waals surface area contributed by atoms with Crippen LogP contribution in [0.15, 0.2) is 35.2 Å². The lowest BCUT2D eigenvalue weighted by Crippen LogP contribution is -2.06. The van der Waals surface area contributed by atoms with Crippen molar-refractivity contribution in [2.24, 2.45) is 0 Å². The van der Waals surface area contributed by atoms with E-state index < -0.39 is 10.1 Å². The van der Waals surface area contributed by atoms with Gasteiger partial charge < -0.3 is 5.73 Å². The molecule has 0 saturated heterocycles. The smallest absolute Gasteiger partial charge is 0.294 e. The first-order valence-corrected chi connectivity index (χ1v) is 6.66. The summed E-state index contributed by atoms with van der Waals surface area (Å²) in [6, 6.07) is 7.67. The number of benzene rings is 1. The van der Waals surface area contributed by atoms with Crippen molar-refractivity contribution >= 4 is 15.9 Å². The van der Waals surface area contributed by atoms with E-state index in [1.54, 1.807) is 22.9 Å². The Hall–Kier alpha value is -1.86. The first-order chi connectivity index (χ1) is 8.36. The quantitative estimate of drug-likeness (QED) is 0.810. The Morgan fingerprint density at radius 1 is 1.33 bits per heavy atom. The average Bonchev–Trinajstić information content (AvgIpc) is 2.57. The van der Waals surface area contributed by atoms with Crippen molar-refractivity contribution in [1.29, 1.82) is 0 Å². The fourth-order valence-corrected chi connectivity index (χ4v) is 2.11. The van der Waals surface area contributed by atoms with Crippen LogP contribution in [0.25, 0.3) is 0 Å². The third-order valence-electron chi connectivity index (χ3n) is 2.49. The second kappa shape index (κ2) is 4.43. The highest BCUT2D eigenvalue weighted by molar-refractivity contribution is 7.85. The van der Waals surface area contributed by atoms with Crippen LogP contribution in [-0.4, -0.2) is 22.8 Å². The van der Waals surface area contributed by atoms with Crippen LogP contribution in [0.4, 0.5) is 5.82 Å².